The lowest BCUT2D eigenvalue weighted by Crippen LogP contribution is -2.18. The van der Waals surface area contributed by atoms with E-state index in [0.717, 1.165) is 18.7 Å². The molecule has 0 fully saturated rings. The Hall–Kier alpha value is -0.350. The Morgan fingerprint density at radius 2 is 2.14 bits per heavy atom. The van der Waals surface area contributed by atoms with Crippen LogP contribution in [0, 0.1) is 0 Å². The first-order chi connectivity index (χ1) is 6.67. The minimum atomic E-state index is 0.390. The molecule has 1 aromatic rings. The van der Waals surface area contributed by atoms with Gasteiger partial charge in [0.15, 0.2) is 5.15 Å². The molecule has 0 saturated heterocycles. The summed E-state index contributed by atoms with van der Waals surface area (Å²) in [5.74, 6) is 0.729. The van der Waals surface area contributed by atoms with E-state index in [2.05, 4.69) is 45.1 Å². The highest BCUT2D eigenvalue weighted by molar-refractivity contribution is 9.10. The molecule has 1 aromatic heterocycles. The lowest BCUT2D eigenvalue weighted by atomic mass is 10.2. The van der Waals surface area contributed by atoms with E-state index in [9.17, 15) is 0 Å². The van der Waals surface area contributed by atoms with Crippen LogP contribution in [0.1, 0.15) is 26.7 Å². The smallest absolute Gasteiger partial charge is 0.164 e. The zero-order valence-electron chi connectivity index (χ0n) is 8.22. The predicted molar refractivity (Wildman–Crippen MR) is 62.7 cm³/mol. The molecule has 1 N–H and O–H groups in total. The number of halogens is 2. The summed E-state index contributed by atoms with van der Waals surface area (Å²) in [7, 11) is 0. The van der Waals surface area contributed by atoms with E-state index in [0.29, 0.717) is 15.8 Å². The summed E-state index contributed by atoms with van der Waals surface area (Å²) in [6.07, 6.45) is 3.80. The van der Waals surface area contributed by atoms with Gasteiger partial charge in [-0.05, 0) is 28.8 Å². The van der Waals surface area contributed by atoms with E-state index in [-0.39, 0.29) is 0 Å². The third kappa shape index (κ3) is 3.10. The summed E-state index contributed by atoms with van der Waals surface area (Å²) in [6.45, 7) is 4.27. The van der Waals surface area contributed by atoms with Gasteiger partial charge in [-0.25, -0.2) is 9.97 Å². The molecule has 0 aliphatic carbocycles. The highest BCUT2D eigenvalue weighted by Gasteiger charge is 2.06. The van der Waals surface area contributed by atoms with Crippen LogP contribution in [0.2, 0.25) is 5.15 Å². The molecule has 0 aliphatic rings. The molecule has 78 valence electrons. The Balaban J connectivity index is 2.72. The maximum atomic E-state index is 5.82. The average Bonchev–Trinajstić information content (AvgIpc) is 2.19. The third-order valence-corrected chi connectivity index (χ3v) is 3.10. The van der Waals surface area contributed by atoms with Crippen LogP contribution < -0.4 is 5.32 Å². The summed E-state index contributed by atoms with van der Waals surface area (Å²) in [4.78, 5) is 8.21. The van der Waals surface area contributed by atoms with E-state index < -0.39 is 0 Å². The SMILES string of the molecule is CCC(CC)Nc1cnc(Br)c(Cl)n1. The number of anilines is 1. The van der Waals surface area contributed by atoms with Crippen LogP contribution in [0.15, 0.2) is 10.8 Å². The Bertz CT molecular complexity index is 302. The fraction of sp³-hybridized carbons (Fsp3) is 0.556. The van der Waals surface area contributed by atoms with Crippen LogP contribution in [0.4, 0.5) is 5.82 Å². The van der Waals surface area contributed by atoms with Gasteiger partial charge in [-0.2, -0.15) is 0 Å². The summed E-state index contributed by atoms with van der Waals surface area (Å²) < 4.78 is 0.578. The van der Waals surface area contributed by atoms with E-state index in [4.69, 9.17) is 11.6 Å². The molecule has 1 rings (SSSR count). The molecule has 14 heavy (non-hydrogen) atoms. The average molecular weight is 279 g/mol. The van der Waals surface area contributed by atoms with Crippen LogP contribution in [-0.2, 0) is 0 Å². The van der Waals surface area contributed by atoms with Gasteiger partial charge in [0.25, 0.3) is 0 Å². The maximum absolute atomic E-state index is 5.82. The van der Waals surface area contributed by atoms with Crippen molar-refractivity contribution < 1.29 is 0 Å². The van der Waals surface area contributed by atoms with Gasteiger partial charge in [0.1, 0.15) is 10.4 Å². The first-order valence-electron chi connectivity index (χ1n) is 4.62. The summed E-state index contributed by atoms with van der Waals surface area (Å²) in [5, 5.41) is 3.66. The van der Waals surface area contributed by atoms with E-state index in [1.54, 1.807) is 6.20 Å². The first kappa shape index (κ1) is 11.7. The van der Waals surface area contributed by atoms with E-state index >= 15 is 0 Å². The standard InChI is InChI=1S/C9H13BrClN3/c1-3-6(4-2)13-7-5-12-8(10)9(11)14-7/h5-6H,3-4H2,1-2H3,(H,13,14). The zero-order chi connectivity index (χ0) is 10.6. The van der Waals surface area contributed by atoms with Crippen molar-refractivity contribution in [3.8, 4) is 0 Å². The molecule has 0 unspecified atom stereocenters. The minimum absolute atomic E-state index is 0.390. The third-order valence-electron chi connectivity index (χ3n) is 2.03. The van der Waals surface area contributed by atoms with Crippen molar-refractivity contribution in [3.63, 3.8) is 0 Å². The van der Waals surface area contributed by atoms with Gasteiger partial charge in [-0.15, -0.1) is 0 Å². The van der Waals surface area contributed by atoms with Gasteiger partial charge >= 0.3 is 0 Å². The molecule has 1 heterocycles. The minimum Gasteiger partial charge on any atom is -0.366 e. The molecule has 0 aromatic carbocycles. The number of rotatable bonds is 4. The number of nitrogens with zero attached hydrogens (tertiary/aromatic N) is 2. The molecule has 0 radical (unpaired) electrons. The predicted octanol–water partition coefficient (Wildman–Crippen LogP) is 3.49. The molecule has 0 aliphatic heterocycles. The molecule has 5 heteroatoms. The number of hydrogen-bond acceptors (Lipinski definition) is 3. The second-order valence-corrected chi connectivity index (χ2v) is 4.10. The molecular weight excluding hydrogens is 265 g/mol. The quantitative estimate of drug-likeness (QED) is 0.916. The van der Waals surface area contributed by atoms with Crippen molar-refractivity contribution in [2.45, 2.75) is 32.7 Å². The summed E-state index contributed by atoms with van der Waals surface area (Å²) >= 11 is 9.02. The zero-order valence-corrected chi connectivity index (χ0v) is 10.6. The van der Waals surface area contributed by atoms with Gasteiger partial charge < -0.3 is 5.32 Å². The lowest BCUT2D eigenvalue weighted by Gasteiger charge is -2.14. The number of aromatic nitrogens is 2. The topological polar surface area (TPSA) is 37.8 Å². The molecular formula is C9H13BrClN3. The van der Waals surface area contributed by atoms with Crippen molar-refractivity contribution in [2.75, 3.05) is 5.32 Å². The molecule has 0 bridgehead atoms. The van der Waals surface area contributed by atoms with Gasteiger partial charge in [-0.3, -0.25) is 0 Å². The second kappa shape index (κ2) is 5.51. The monoisotopic (exact) mass is 277 g/mol. The van der Waals surface area contributed by atoms with Gasteiger partial charge in [0.2, 0.25) is 0 Å². The van der Waals surface area contributed by atoms with Crippen molar-refractivity contribution >= 4 is 33.3 Å². The fourth-order valence-electron chi connectivity index (χ4n) is 1.12. The van der Waals surface area contributed by atoms with E-state index in [1.807, 2.05) is 0 Å². The van der Waals surface area contributed by atoms with Gasteiger partial charge in [-0.1, -0.05) is 25.4 Å². The Labute approximate surface area is 97.4 Å². The summed E-state index contributed by atoms with van der Waals surface area (Å²) in [6, 6.07) is 0.432. The molecule has 3 nitrogen and oxygen atoms in total. The molecule has 0 spiro atoms. The summed E-state index contributed by atoms with van der Waals surface area (Å²) in [5.41, 5.74) is 0. The van der Waals surface area contributed by atoms with Gasteiger partial charge in [0.05, 0.1) is 6.20 Å². The Kier molecular flexibility index (Phi) is 4.62. The van der Waals surface area contributed by atoms with Crippen LogP contribution in [0.5, 0.6) is 0 Å². The van der Waals surface area contributed by atoms with Crippen molar-refractivity contribution in [2.24, 2.45) is 0 Å². The highest BCUT2D eigenvalue weighted by Crippen LogP contribution is 2.19. The number of hydrogen-bond donors (Lipinski definition) is 1. The Morgan fingerprint density at radius 1 is 1.50 bits per heavy atom. The second-order valence-electron chi connectivity index (χ2n) is 2.99. The first-order valence-corrected chi connectivity index (χ1v) is 5.79. The highest BCUT2D eigenvalue weighted by atomic mass is 79.9. The molecule has 0 atom stereocenters. The van der Waals surface area contributed by atoms with Crippen LogP contribution >= 0.6 is 27.5 Å². The number of nitrogens with one attached hydrogen (secondary N) is 1. The Morgan fingerprint density at radius 3 is 2.64 bits per heavy atom. The lowest BCUT2D eigenvalue weighted by molar-refractivity contribution is 0.668. The maximum Gasteiger partial charge on any atom is 0.164 e. The van der Waals surface area contributed by atoms with Gasteiger partial charge in [0, 0.05) is 6.04 Å². The van der Waals surface area contributed by atoms with Crippen molar-refractivity contribution in [3.05, 3.63) is 16.0 Å². The van der Waals surface area contributed by atoms with Crippen molar-refractivity contribution in [1.82, 2.24) is 9.97 Å². The molecule has 0 saturated carbocycles. The largest absolute Gasteiger partial charge is 0.366 e. The fourth-order valence-corrected chi connectivity index (χ4v) is 1.45. The van der Waals surface area contributed by atoms with Crippen LogP contribution in [0.25, 0.3) is 0 Å². The van der Waals surface area contributed by atoms with Crippen LogP contribution in [-0.4, -0.2) is 16.0 Å². The van der Waals surface area contributed by atoms with E-state index in [1.165, 1.54) is 0 Å². The molecule has 0 amide bonds. The van der Waals surface area contributed by atoms with Crippen LogP contribution in [0.3, 0.4) is 0 Å². The van der Waals surface area contributed by atoms with Crippen molar-refractivity contribution in [1.29, 1.82) is 0 Å². The normalized spacial score (nSPS) is 10.6.